The Morgan fingerprint density at radius 1 is 1.15 bits per heavy atom. The van der Waals surface area contributed by atoms with Gasteiger partial charge in [0, 0.05) is 17.0 Å². The van der Waals surface area contributed by atoms with E-state index in [1.807, 2.05) is 29.8 Å². The van der Waals surface area contributed by atoms with Crippen LogP contribution < -0.4 is 5.32 Å². The molecule has 1 N–H and O–H groups in total. The fourth-order valence-corrected chi connectivity index (χ4v) is 3.17. The van der Waals surface area contributed by atoms with Gasteiger partial charge in [-0.15, -0.1) is 0 Å². The number of benzene rings is 2. The topological polar surface area (TPSA) is 46.9 Å². The molecule has 0 saturated heterocycles. The van der Waals surface area contributed by atoms with Crippen LogP contribution in [0.3, 0.4) is 0 Å². The molecule has 1 aromatic heterocycles. The third kappa shape index (κ3) is 4.28. The third-order valence-corrected chi connectivity index (χ3v) is 4.35. The predicted octanol–water partition coefficient (Wildman–Crippen LogP) is 4.39. The Bertz CT molecular complexity index is 899. The van der Waals surface area contributed by atoms with E-state index in [1.54, 1.807) is 18.3 Å². The summed E-state index contributed by atoms with van der Waals surface area (Å²) in [6, 6.07) is 12.1. The molecule has 0 aliphatic heterocycles. The van der Waals surface area contributed by atoms with Gasteiger partial charge in [-0.2, -0.15) is 5.10 Å². The number of rotatable bonds is 6. The number of hydrogen-bond donors (Lipinski definition) is 1. The molecular formula is C21H24FN3O. The number of fused-ring (bicyclic) bond motifs is 1. The maximum absolute atomic E-state index is 13.1. The summed E-state index contributed by atoms with van der Waals surface area (Å²) >= 11 is 0. The van der Waals surface area contributed by atoms with Gasteiger partial charge >= 0.3 is 0 Å². The van der Waals surface area contributed by atoms with Crippen molar-refractivity contribution in [2.75, 3.05) is 0 Å². The van der Waals surface area contributed by atoms with Gasteiger partial charge in [0.25, 0.3) is 5.91 Å². The lowest BCUT2D eigenvalue weighted by Crippen LogP contribution is -2.33. The highest BCUT2D eigenvalue weighted by Crippen LogP contribution is 2.18. The molecule has 1 atom stereocenters. The Labute approximate surface area is 153 Å². The summed E-state index contributed by atoms with van der Waals surface area (Å²) in [5.41, 5.74) is 2.46. The highest BCUT2D eigenvalue weighted by atomic mass is 19.1. The number of amides is 1. The van der Waals surface area contributed by atoms with Crippen molar-refractivity contribution in [3.63, 3.8) is 0 Å². The second kappa shape index (κ2) is 7.68. The van der Waals surface area contributed by atoms with E-state index in [-0.39, 0.29) is 17.8 Å². The highest BCUT2D eigenvalue weighted by Gasteiger charge is 2.13. The number of halogens is 1. The van der Waals surface area contributed by atoms with Crippen LogP contribution in [0.15, 0.2) is 48.7 Å². The minimum atomic E-state index is -0.256. The molecule has 1 amide bonds. The van der Waals surface area contributed by atoms with Gasteiger partial charge < -0.3 is 5.32 Å². The molecule has 3 rings (SSSR count). The zero-order chi connectivity index (χ0) is 18.7. The predicted molar refractivity (Wildman–Crippen MR) is 102 cm³/mol. The minimum absolute atomic E-state index is 0.0745. The molecule has 0 unspecified atom stereocenters. The van der Waals surface area contributed by atoms with Gasteiger partial charge in [-0.05, 0) is 49.1 Å². The van der Waals surface area contributed by atoms with Gasteiger partial charge in [-0.3, -0.25) is 9.48 Å². The zero-order valence-corrected chi connectivity index (χ0v) is 15.4. The Kier molecular flexibility index (Phi) is 5.35. The summed E-state index contributed by atoms with van der Waals surface area (Å²) in [5, 5.41) is 8.43. The molecule has 0 saturated carbocycles. The molecule has 136 valence electrons. The van der Waals surface area contributed by atoms with Gasteiger partial charge in [0.15, 0.2) is 0 Å². The summed E-state index contributed by atoms with van der Waals surface area (Å²) in [4.78, 5) is 12.5. The van der Waals surface area contributed by atoms with Crippen LogP contribution in [-0.2, 0) is 6.54 Å². The second-order valence-electron chi connectivity index (χ2n) is 7.21. The first kappa shape index (κ1) is 18.1. The van der Waals surface area contributed by atoms with Crippen molar-refractivity contribution in [3.05, 3.63) is 65.6 Å². The number of carbonyl (C=O) groups is 1. The lowest BCUT2D eigenvalue weighted by molar-refractivity contribution is 0.0936. The van der Waals surface area contributed by atoms with Crippen LogP contribution in [0.25, 0.3) is 10.9 Å². The number of aromatic nitrogens is 2. The standard InChI is InChI=1S/C21H24FN3O/c1-14(2)10-15(3)24-21(26)17-6-7-18-12-23-25(20(18)11-17)13-16-4-8-19(22)9-5-16/h4-9,11-12,14-15H,10,13H2,1-3H3,(H,24,26)/t15-/m1/s1. The fourth-order valence-electron chi connectivity index (χ4n) is 3.17. The van der Waals surface area contributed by atoms with E-state index < -0.39 is 0 Å². The minimum Gasteiger partial charge on any atom is -0.350 e. The maximum Gasteiger partial charge on any atom is 0.251 e. The molecule has 0 radical (unpaired) electrons. The molecule has 0 aliphatic rings. The SMILES string of the molecule is CC(C)C[C@@H](C)NC(=O)c1ccc2cnn(Cc3ccc(F)cc3)c2c1. The summed E-state index contributed by atoms with van der Waals surface area (Å²) in [7, 11) is 0. The first-order valence-corrected chi connectivity index (χ1v) is 8.93. The van der Waals surface area contributed by atoms with Crippen molar-refractivity contribution in [2.45, 2.75) is 39.8 Å². The summed E-state index contributed by atoms with van der Waals surface area (Å²) < 4.78 is 14.9. The van der Waals surface area contributed by atoms with Gasteiger partial charge in [-0.25, -0.2) is 4.39 Å². The smallest absolute Gasteiger partial charge is 0.251 e. The first-order valence-electron chi connectivity index (χ1n) is 8.93. The molecular weight excluding hydrogens is 329 g/mol. The van der Waals surface area contributed by atoms with Gasteiger partial charge in [0.2, 0.25) is 0 Å². The van der Waals surface area contributed by atoms with Crippen LogP contribution in [0, 0.1) is 11.7 Å². The number of nitrogens with zero attached hydrogens (tertiary/aromatic N) is 2. The van der Waals surface area contributed by atoms with Crippen molar-refractivity contribution in [1.82, 2.24) is 15.1 Å². The van der Waals surface area contributed by atoms with Crippen molar-refractivity contribution in [2.24, 2.45) is 5.92 Å². The number of carbonyl (C=O) groups excluding carboxylic acids is 1. The average Bonchev–Trinajstić information content (AvgIpc) is 2.98. The van der Waals surface area contributed by atoms with E-state index in [4.69, 9.17) is 0 Å². The van der Waals surface area contributed by atoms with E-state index in [1.165, 1.54) is 12.1 Å². The summed E-state index contributed by atoms with van der Waals surface area (Å²) in [6.45, 7) is 6.83. The van der Waals surface area contributed by atoms with Gasteiger partial charge in [0.1, 0.15) is 5.82 Å². The van der Waals surface area contributed by atoms with E-state index in [9.17, 15) is 9.18 Å². The highest BCUT2D eigenvalue weighted by molar-refractivity contribution is 5.98. The quantitative estimate of drug-likeness (QED) is 0.714. The molecule has 4 nitrogen and oxygen atoms in total. The summed E-state index contributed by atoms with van der Waals surface area (Å²) in [5.74, 6) is 0.202. The maximum atomic E-state index is 13.1. The van der Waals surface area contributed by atoms with Crippen LogP contribution >= 0.6 is 0 Å². The molecule has 2 aromatic carbocycles. The van der Waals surface area contributed by atoms with E-state index in [0.29, 0.717) is 18.0 Å². The van der Waals surface area contributed by atoms with E-state index >= 15 is 0 Å². The Morgan fingerprint density at radius 2 is 1.88 bits per heavy atom. The Morgan fingerprint density at radius 3 is 2.58 bits per heavy atom. The van der Waals surface area contributed by atoms with Crippen LogP contribution in [0.5, 0.6) is 0 Å². The number of hydrogen-bond acceptors (Lipinski definition) is 2. The van der Waals surface area contributed by atoms with Crippen molar-refractivity contribution in [3.8, 4) is 0 Å². The molecule has 0 aliphatic carbocycles. The molecule has 5 heteroatoms. The van der Waals surface area contributed by atoms with E-state index in [2.05, 4.69) is 24.3 Å². The molecule has 1 heterocycles. The normalized spacial score (nSPS) is 12.5. The molecule has 3 aromatic rings. The zero-order valence-electron chi connectivity index (χ0n) is 15.4. The molecule has 0 spiro atoms. The van der Waals surface area contributed by atoms with Gasteiger partial charge in [-0.1, -0.05) is 32.0 Å². The van der Waals surface area contributed by atoms with Crippen molar-refractivity contribution in [1.29, 1.82) is 0 Å². The lowest BCUT2D eigenvalue weighted by Gasteiger charge is -2.16. The second-order valence-corrected chi connectivity index (χ2v) is 7.21. The first-order chi connectivity index (χ1) is 12.4. The summed E-state index contributed by atoms with van der Waals surface area (Å²) in [6.07, 6.45) is 2.72. The van der Waals surface area contributed by atoms with Crippen LogP contribution in [0.2, 0.25) is 0 Å². The third-order valence-electron chi connectivity index (χ3n) is 4.35. The largest absolute Gasteiger partial charge is 0.350 e. The monoisotopic (exact) mass is 353 g/mol. The molecule has 26 heavy (non-hydrogen) atoms. The van der Waals surface area contributed by atoms with Crippen LogP contribution in [0.4, 0.5) is 4.39 Å². The lowest BCUT2D eigenvalue weighted by atomic mass is 10.0. The Balaban J connectivity index is 1.81. The molecule has 0 bridgehead atoms. The van der Waals surface area contributed by atoms with Gasteiger partial charge in [0.05, 0.1) is 18.3 Å². The average molecular weight is 353 g/mol. The number of nitrogens with one attached hydrogen (secondary N) is 1. The van der Waals surface area contributed by atoms with Crippen molar-refractivity contribution < 1.29 is 9.18 Å². The van der Waals surface area contributed by atoms with Crippen LogP contribution in [-0.4, -0.2) is 21.7 Å². The molecule has 0 fully saturated rings. The van der Waals surface area contributed by atoms with Crippen LogP contribution in [0.1, 0.15) is 43.1 Å². The fraction of sp³-hybridized carbons (Fsp3) is 0.333. The van der Waals surface area contributed by atoms with Crippen molar-refractivity contribution >= 4 is 16.8 Å². The Hall–Kier alpha value is -2.69. The van der Waals surface area contributed by atoms with E-state index in [0.717, 1.165) is 22.9 Å².